The van der Waals surface area contributed by atoms with Gasteiger partial charge in [-0.25, -0.2) is 13.2 Å². The zero-order valence-electron chi connectivity index (χ0n) is 14.0. The number of thioether (sulfide) groups is 1. The third-order valence-corrected chi connectivity index (χ3v) is 7.41. The molecule has 0 aromatic heterocycles. The number of ether oxygens (including phenoxy) is 1. The van der Waals surface area contributed by atoms with Crippen molar-refractivity contribution in [2.45, 2.75) is 30.1 Å². The molecule has 1 aliphatic heterocycles. The van der Waals surface area contributed by atoms with E-state index in [-0.39, 0.29) is 29.3 Å². The average molecular weight is 376 g/mol. The predicted molar refractivity (Wildman–Crippen MR) is 99.7 cm³/mol. The number of hydrogen-bond acceptors (Lipinski definition) is 5. The van der Waals surface area contributed by atoms with Crippen LogP contribution in [0.2, 0.25) is 0 Å². The maximum atomic E-state index is 12.5. The fourth-order valence-electron chi connectivity index (χ4n) is 2.68. The zero-order chi connectivity index (χ0) is 17.9. The van der Waals surface area contributed by atoms with Gasteiger partial charge >= 0.3 is 5.97 Å². The van der Waals surface area contributed by atoms with Gasteiger partial charge in [-0.1, -0.05) is 42.0 Å². The number of benzene rings is 2. The van der Waals surface area contributed by atoms with E-state index in [0.717, 1.165) is 16.0 Å². The second-order valence-corrected chi connectivity index (χ2v) is 9.77. The summed E-state index contributed by atoms with van der Waals surface area (Å²) in [7, 11) is -2.94. The molecule has 0 saturated carbocycles. The number of hydrogen-bond donors (Lipinski definition) is 0. The van der Waals surface area contributed by atoms with Crippen LogP contribution in [0, 0.1) is 6.92 Å². The molecule has 6 heteroatoms. The summed E-state index contributed by atoms with van der Waals surface area (Å²) in [6.07, 6.45) is 0.625. The van der Waals surface area contributed by atoms with E-state index in [4.69, 9.17) is 4.74 Å². The maximum absolute atomic E-state index is 12.5. The molecule has 0 spiro atoms. The number of carbonyl (C=O) groups is 1. The summed E-state index contributed by atoms with van der Waals surface area (Å²) < 4.78 is 28.7. The van der Waals surface area contributed by atoms with Crippen LogP contribution >= 0.6 is 11.8 Å². The molecule has 0 bridgehead atoms. The van der Waals surface area contributed by atoms with E-state index < -0.39 is 9.84 Å². The molecular formula is C19H20O4S2. The molecule has 25 heavy (non-hydrogen) atoms. The van der Waals surface area contributed by atoms with Crippen molar-refractivity contribution < 1.29 is 17.9 Å². The molecule has 1 saturated heterocycles. The van der Waals surface area contributed by atoms with Crippen LogP contribution in [-0.2, 0) is 21.2 Å². The Morgan fingerprint density at radius 3 is 2.56 bits per heavy atom. The van der Waals surface area contributed by atoms with Crippen LogP contribution in [0.15, 0.2) is 53.4 Å². The number of esters is 1. The van der Waals surface area contributed by atoms with Crippen LogP contribution in [0.1, 0.15) is 27.9 Å². The molecule has 3 rings (SSSR count). The molecule has 0 unspecified atom stereocenters. The first kappa shape index (κ1) is 18.0. The summed E-state index contributed by atoms with van der Waals surface area (Å²) in [5, 5.41) is -0.00366. The first-order valence-electron chi connectivity index (χ1n) is 8.12. The standard InChI is InChI=1S/C19H20O4S2/c1-14-6-8-15(9-7-14)12-23-19(20)17-4-2-3-5-18(17)24-16-10-11-25(21,22)13-16/h2-9,16H,10-13H2,1H3/t16-/m0/s1. The lowest BCUT2D eigenvalue weighted by atomic mass is 10.2. The normalized spacial score (nSPS) is 18.8. The van der Waals surface area contributed by atoms with E-state index in [2.05, 4.69) is 0 Å². The van der Waals surface area contributed by atoms with Crippen molar-refractivity contribution in [2.75, 3.05) is 11.5 Å². The van der Waals surface area contributed by atoms with Crippen molar-refractivity contribution in [2.24, 2.45) is 0 Å². The van der Waals surface area contributed by atoms with E-state index in [1.165, 1.54) is 11.8 Å². The van der Waals surface area contributed by atoms with Crippen LogP contribution in [0.25, 0.3) is 0 Å². The topological polar surface area (TPSA) is 60.4 Å². The Balaban J connectivity index is 1.67. The van der Waals surface area contributed by atoms with Gasteiger partial charge < -0.3 is 4.74 Å². The molecule has 1 aliphatic rings. The van der Waals surface area contributed by atoms with Crippen LogP contribution in [-0.4, -0.2) is 31.1 Å². The molecular weight excluding hydrogens is 356 g/mol. The van der Waals surface area contributed by atoms with Gasteiger partial charge in [0.15, 0.2) is 9.84 Å². The fraction of sp³-hybridized carbons (Fsp3) is 0.316. The average Bonchev–Trinajstić information content (AvgIpc) is 2.93. The van der Waals surface area contributed by atoms with Gasteiger partial charge in [-0.15, -0.1) is 11.8 Å². The Bertz CT molecular complexity index is 857. The van der Waals surface area contributed by atoms with E-state index in [1.54, 1.807) is 12.1 Å². The highest BCUT2D eigenvalue weighted by molar-refractivity contribution is 8.02. The number of rotatable bonds is 5. The van der Waals surface area contributed by atoms with E-state index >= 15 is 0 Å². The summed E-state index contributed by atoms with van der Waals surface area (Å²) in [6.45, 7) is 2.22. The maximum Gasteiger partial charge on any atom is 0.339 e. The van der Waals surface area contributed by atoms with Crippen LogP contribution < -0.4 is 0 Å². The van der Waals surface area contributed by atoms with Crippen LogP contribution in [0.4, 0.5) is 0 Å². The van der Waals surface area contributed by atoms with Crippen molar-refractivity contribution in [1.82, 2.24) is 0 Å². The Hall–Kier alpha value is -1.79. The summed E-state index contributed by atoms with van der Waals surface area (Å²) in [6, 6.07) is 15.0. The summed E-state index contributed by atoms with van der Waals surface area (Å²) in [5.41, 5.74) is 2.58. The number of carbonyl (C=O) groups excluding carboxylic acids is 1. The quantitative estimate of drug-likeness (QED) is 0.746. The third kappa shape index (κ3) is 4.86. The molecule has 2 aromatic rings. The minimum atomic E-state index is -2.94. The Labute approximate surface area is 152 Å². The van der Waals surface area contributed by atoms with Crippen LogP contribution in [0.3, 0.4) is 0 Å². The highest BCUT2D eigenvalue weighted by Crippen LogP contribution is 2.33. The lowest BCUT2D eigenvalue weighted by molar-refractivity contribution is 0.0468. The van der Waals surface area contributed by atoms with Gasteiger partial charge in [0.2, 0.25) is 0 Å². The first-order valence-corrected chi connectivity index (χ1v) is 10.8. The first-order chi connectivity index (χ1) is 11.9. The van der Waals surface area contributed by atoms with Gasteiger partial charge in [-0.2, -0.15) is 0 Å². The molecule has 1 atom stereocenters. The fourth-order valence-corrected chi connectivity index (χ4v) is 6.30. The Morgan fingerprint density at radius 1 is 1.16 bits per heavy atom. The molecule has 1 fully saturated rings. The van der Waals surface area contributed by atoms with Gasteiger partial charge in [0.25, 0.3) is 0 Å². The minimum absolute atomic E-state index is 0.00366. The van der Waals surface area contributed by atoms with Crippen molar-refractivity contribution in [1.29, 1.82) is 0 Å². The summed E-state index contributed by atoms with van der Waals surface area (Å²) in [4.78, 5) is 13.2. The van der Waals surface area contributed by atoms with Gasteiger partial charge in [-0.05, 0) is 31.0 Å². The monoisotopic (exact) mass is 376 g/mol. The lowest BCUT2D eigenvalue weighted by Crippen LogP contribution is -2.09. The van der Waals surface area contributed by atoms with Crippen molar-refractivity contribution in [3.8, 4) is 0 Å². The predicted octanol–water partition coefficient (Wildman–Crippen LogP) is 3.63. The molecule has 0 aliphatic carbocycles. The minimum Gasteiger partial charge on any atom is -0.457 e. The summed E-state index contributed by atoms with van der Waals surface area (Å²) >= 11 is 1.45. The second-order valence-electron chi connectivity index (χ2n) is 6.20. The van der Waals surface area contributed by atoms with E-state index in [9.17, 15) is 13.2 Å². The number of sulfone groups is 1. The van der Waals surface area contributed by atoms with Crippen molar-refractivity contribution in [3.05, 3.63) is 65.2 Å². The largest absolute Gasteiger partial charge is 0.457 e. The highest BCUT2D eigenvalue weighted by Gasteiger charge is 2.29. The van der Waals surface area contributed by atoms with Gasteiger partial charge in [0.05, 0.1) is 17.1 Å². The Kier molecular flexibility index (Phi) is 5.49. The molecule has 2 aromatic carbocycles. The Morgan fingerprint density at radius 2 is 1.88 bits per heavy atom. The van der Waals surface area contributed by atoms with Crippen molar-refractivity contribution in [3.63, 3.8) is 0 Å². The summed E-state index contributed by atoms with van der Waals surface area (Å²) in [5.74, 6) is 0.0132. The van der Waals surface area contributed by atoms with E-state index in [0.29, 0.717) is 12.0 Å². The third-order valence-electron chi connectivity index (χ3n) is 4.08. The SMILES string of the molecule is Cc1ccc(COC(=O)c2ccccc2S[C@H]2CCS(=O)(=O)C2)cc1. The molecule has 0 amide bonds. The molecule has 132 valence electrons. The lowest BCUT2D eigenvalue weighted by Gasteiger charge is -2.12. The number of aryl methyl sites for hydroxylation is 1. The molecule has 4 nitrogen and oxygen atoms in total. The van der Waals surface area contributed by atoms with Gasteiger partial charge in [0.1, 0.15) is 6.61 Å². The zero-order valence-corrected chi connectivity index (χ0v) is 15.6. The molecule has 1 heterocycles. The van der Waals surface area contributed by atoms with Gasteiger partial charge in [-0.3, -0.25) is 0 Å². The second kappa shape index (κ2) is 7.62. The highest BCUT2D eigenvalue weighted by atomic mass is 32.2. The smallest absolute Gasteiger partial charge is 0.339 e. The molecule has 0 radical (unpaired) electrons. The van der Waals surface area contributed by atoms with Crippen LogP contribution in [0.5, 0.6) is 0 Å². The van der Waals surface area contributed by atoms with Crippen molar-refractivity contribution >= 4 is 27.6 Å². The van der Waals surface area contributed by atoms with E-state index in [1.807, 2.05) is 43.3 Å². The molecule has 0 N–H and O–H groups in total. The van der Waals surface area contributed by atoms with Gasteiger partial charge in [0, 0.05) is 10.1 Å².